The van der Waals surface area contributed by atoms with Crippen molar-refractivity contribution in [1.82, 2.24) is 5.32 Å². The second-order valence-electron chi connectivity index (χ2n) is 4.21. The van der Waals surface area contributed by atoms with Gasteiger partial charge in [0.1, 0.15) is 18.0 Å². The van der Waals surface area contributed by atoms with Crippen LogP contribution in [0.4, 0.5) is 13.2 Å². The largest absolute Gasteiger partial charge is 0.457 e. The standard InChI is InChI=1S/C15H12F3NO2/c16-15(17,18)10-19-14(20)12-8-4-5-9-13(12)21-11-6-2-1-3-7-11/h1-9H,10H2,(H,19,20). The van der Waals surface area contributed by atoms with Crippen molar-refractivity contribution in [2.24, 2.45) is 0 Å². The Morgan fingerprint density at radius 3 is 2.29 bits per heavy atom. The van der Waals surface area contributed by atoms with Crippen molar-refractivity contribution in [2.45, 2.75) is 6.18 Å². The molecule has 110 valence electrons. The highest BCUT2D eigenvalue weighted by Gasteiger charge is 2.28. The normalized spacial score (nSPS) is 11.0. The number of carbonyl (C=O) groups is 1. The van der Waals surface area contributed by atoms with Crippen LogP contribution in [0.5, 0.6) is 11.5 Å². The Balaban J connectivity index is 2.15. The first-order valence-electron chi connectivity index (χ1n) is 6.12. The maximum atomic E-state index is 12.1. The molecule has 0 aliphatic heterocycles. The number of amides is 1. The molecular formula is C15H12F3NO2. The van der Waals surface area contributed by atoms with E-state index in [2.05, 4.69) is 0 Å². The van der Waals surface area contributed by atoms with Crippen LogP contribution in [0.3, 0.4) is 0 Å². The van der Waals surface area contributed by atoms with Crippen molar-refractivity contribution < 1.29 is 22.7 Å². The molecule has 0 saturated heterocycles. The number of halogens is 3. The van der Waals surface area contributed by atoms with E-state index in [1.54, 1.807) is 42.5 Å². The Morgan fingerprint density at radius 2 is 1.62 bits per heavy atom. The Kier molecular flexibility index (Phi) is 4.47. The van der Waals surface area contributed by atoms with Crippen LogP contribution in [0.2, 0.25) is 0 Å². The van der Waals surface area contributed by atoms with Crippen LogP contribution in [-0.4, -0.2) is 18.6 Å². The summed E-state index contributed by atoms with van der Waals surface area (Å²) in [6, 6.07) is 14.8. The van der Waals surface area contributed by atoms with Crippen LogP contribution >= 0.6 is 0 Å². The van der Waals surface area contributed by atoms with E-state index >= 15 is 0 Å². The van der Waals surface area contributed by atoms with Gasteiger partial charge < -0.3 is 10.1 Å². The second kappa shape index (κ2) is 6.30. The third-order valence-corrected chi connectivity index (χ3v) is 2.55. The molecule has 6 heteroatoms. The van der Waals surface area contributed by atoms with Gasteiger partial charge >= 0.3 is 6.18 Å². The van der Waals surface area contributed by atoms with Gasteiger partial charge in [0.05, 0.1) is 5.56 Å². The van der Waals surface area contributed by atoms with Crippen LogP contribution < -0.4 is 10.1 Å². The molecule has 1 N–H and O–H groups in total. The molecule has 0 atom stereocenters. The lowest BCUT2D eigenvalue weighted by Crippen LogP contribution is -2.33. The van der Waals surface area contributed by atoms with Crippen molar-refractivity contribution >= 4 is 5.91 Å². The number of nitrogens with one attached hydrogen (secondary N) is 1. The molecule has 0 aliphatic rings. The lowest BCUT2D eigenvalue weighted by Gasteiger charge is -2.12. The fourth-order valence-corrected chi connectivity index (χ4v) is 1.63. The molecule has 21 heavy (non-hydrogen) atoms. The van der Waals surface area contributed by atoms with Crippen LogP contribution in [0.25, 0.3) is 0 Å². The third kappa shape index (κ3) is 4.52. The summed E-state index contributed by atoms with van der Waals surface area (Å²) < 4.78 is 41.9. The monoisotopic (exact) mass is 295 g/mol. The smallest absolute Gasteiger partial charge is 0.405 e. The number of ether oxygens (including phenoxy) is 1. The van der Waals surface area contributed by atoms with Gasteiger partial charge in [-0.15, -0.1) is 0 Å². The molecule has 0 bridgehead atoms. The molecule has 0 radical (unpaired) electrons. The van der Waals surface area contributed by atoms with E-state index in [0.29, 0.717) is 5.75 Å². The van der Waals surface area contributed by atoms with Crippen LogP contribution in [-0.2, 0) is 0 Å². The zero-order valence-electron chi connectivity index (χ0n) is 10.9. The first kappa shape index (κ1) is 14.9. The highest BCUT2D eigenvalue weighted by atomic mass is 19.4. The predicted molar refractivity (Wildman–Crippen MR) is 71.3 cm³/mol. The zero-order chi connectivity index (χ0) is 15.3. The molecule has 0 fully saturated rings. The van der Waals surface area contributed by atoms with Crippen molar-refractivity contribution in [1.29, 1.82) is 0 Å². The van der Waals surface area contributed by atoms with E-state index in [9.17, 15) is 18.0 Å². The molecule has 1 amide bonds. The molecule has 0 aliphatic carbocycles. The quantitative estimate of drug-likeness (QED) is 0.932. The number of alkyl halides is 3. The highest BCUT2D eigenvalue weighted by molar-refractivity contribution is 5.97. The summed E-state index contributed by atoms with van der Waals surface area (Å²) in [7, 11) is 0. The number of benzene rings is 2. The Hall–Kier alpha value is -2.50. The Bertz CT molecular complexity index is 612. The van der Waals surface area contributed by atoms with Crippen molar-refractivity contribution in [3.63, 3.8) is 0 Å². The number of carbonyl (C=O) groups excluding carboxylic acids is 1. The summed E-state index contributed by atoms with van der Waals surface area (Å²) in [5, 5.41) is 1.82. The Morgan fingerprint density at radius 1 is 1.00 bits per heavy atom. The number of hydrogen-bond donors (Lipinski definition) is 1. The van der Waals surface area contributed by atoms with Gasteiger partial charge in [-0.2, -0.15) is 13.2 Å². The van der Waals surface area contributed by atoms with Crippen LogP contribution in [0.1, 0.15) is 10.4 Å². The SMILES string of the molecule is O=C(NCC(F)(F)F)c1ccccc1Oc1ccccc1. The van der Waals surface area contributed by atoms with E-state index in [1.807, 2.05) is 5.32 Å². The number of para-hydroxylation sites is 2. The fraction of sp³-hybridized carbons (Fsp3) is 0.133. The van der Waals surface area contributed by atoms with Gasteiger partial charge in [0.15, 0.2) is 0 Å². The van der Waals surface area contributed by atoms with Crippen LogP contribution in [0.15, 0.2) is 54.6 Å². The Labute approximate surface area is 119 Å². The van der Waals surface area contributed by atoms with Gasteiger partial charge in [-0.05, 0) is 24.3 Å². The summed E-state index contributed by atoms with van der Waals surface area (Å²) in [5.74, 6) is -0.143. The molecule has 2 aromatic rings. The average Bonchev–Trinajstić information content (AvgIpc) is 2.46. The minimum absolute atomic E-state index is 0.0469. The van der Waals surface area contributed by atoms with Gasteiger partial charge in [0, 0.05) is 0 Å². The fourth-order valence-electron chi connectivity index (χ4n) is 1.63. The maximum Gasteiger partial charge on any atom is 0.405 e. The van der Waals surface area contributed by atoms with Crippen LogP contribution in [0, 0.1) is 0 Å². The summed E-state index contributed by atoms with van der Waals surface area (Å²) in [5.41, 5.74) is 0.0469. The van der Waals surface area contributed by atoms with Gasteiger partial charge in [0.2, 0.25) is 0 Å². The van der Waals surface area contributed by atoms with Gasteiger partial charge in [-0.1, -0.05) is 30.3 Å². The lowest BCUT2D eigenvalue weighted by molar-refractivity contribution is -0.123. The molecule has 2 aromatic carbocycles. The van der Waals surface area contributed by atoms with Crippen molar-refractivity contribution in [3.05, 3.63) is 60.2 Å². The molecule has 0 spiro atoms. The zero-order valence-corrected chi connectivity index (χ0v) is 10.9. The van der Waals surface area contributed by atoms with E-state index in [-0.39, 0.29) is 11.3 Å². The van der Waals surface area contributed by atoms with E-state index in [4.69, 9.17) is 4.74 Å². The molecule has 2 rings (SSSR count). The summed E-state index contributed by atoms with van der Waals surface area (Å²) in [6.07, 6.45) is -4.45. The first-order chi connectivity index (χ1) is 9.96. The predicted octanol–water partition coefficient (Wildman–Crippen LogP) is 3.77. The van der Waals surface area contributed by atoms with E-state index in [1.165, 1.54) is 12.1 Å². The van der Waals surface area contributed by atoms with Crippen molar-refractivity contribution in [3.8, 4) is 11.5 Å². The van der Waals surface area contributed by atoms with Gasteiger partial charge in [-0.3, -0.25) is 4.79 Å². The molecule has 0 unspecified atom stereocenters. The molecule has 0 aromatic heterocycles. The van der Waals surface area contributed by atoms with E-state index < -0.39 is 18.6 Å². The van der Waals surface area contributed by atoms with E-state index in [0.717, 1.165) is 0 Å². The third-order valence-electron chi connectivity index (χ3n) is 2.55. The molecule has 0 heterocycles. The highest BCUT2D eigenvalue weighted by Crippen LogP contribution is 2.25. The molecular weight excluding hydrogens is 283 g/mol. The minimum atomic E-state index is -4.45. The molecule has 0 saturated carbocycles. The van der Waals surface area contributed by atoms with Crippen molar-refractivity contribution in [2.75, 3.05) is 6.54 Å². The number of hydrogen-bond acceptors (Lipinski definition) is 2. The first-order valence-corrected chi connectivity index (χ1v) is 6.12. The summed E-state index contributed by atoms with van der Waals surface area (Å²) in [6.45, 7) is -1.38. The maximum absolute atomic E-state index is 12.1. The van der Waals surface area contributed by atoms with Gasteiger partial charge in [-0.25, -0.2) is 0 Å². The minimum Gasteiger partial charge on any atom is -0.457 e. The molecule has 3 nitrogen and oxygen atoms in total. The second-order valence-corrected chi connectivity index (χ2v) is 4.21. The average molecular weight is 295 g/mol. The summed E-state index contributed by atoms with van der Waals surface area (Å²) >= 11 is 0. The van der Waals surface area contributed by atoms with Gasteiger partial charge in [0.25, 0.3) is 5.91 Å². The topological polar surface area (TPSA) is 38.3 Å². The summed E-state index contributed by atoms with van der Waals surface area (Å²) in [4.78, 5) is 11.8. The lowest BCUT2D eigenvalue weighted by atomic mass is 10.2. The number of rotatable bonds is 4.